The Morgan fingerprint density at radius 3 is 2.28 bits per heavy atom. The van der Waals surface area contributed by atoms with Gasteiger partial charge in [-0.2, -0.15) is 5.26 Å². The normalized spacial score (nSPS) is 16.6. The molecule has 0 bridgehead atoms. The number of aromatic nitrogens is 1. The number of halogens is 1. The molecule has 2 heterocycles. The number of nitrogens with zero attached hydrogens (tertiary/aromatic N) is 2. The summed E-state index contributed by atoms with van der Waals surface area (Å²) in [6.07, 6.45) is 1.27. The number of carbonyl (C=O) groups excluding carboxylic acids is 1. The summed E-state index contributed by atoms with van der Waals surface area (Å²) in [4.78, 5) is 29.7. The van der Waals surface area contributed by atoms with Crippen LogP contribution in [-0.4, -0.2) is 60.0 Å². The number of nitrogens with one attached hydrogen (secondary N) is 3. The fourth-order valence-corrected chi connectivity index (χ4v) is 5.53. The molecule has 236 valence electrons. The van der Waals surface area contributed by atoms with E-state index in [1.165, 1.54) is 6.20 Å². The summed E-state index contributed by atoms with van der Waals surface area (Å²) < 4.78 is 27.2. The average molecular weight is 624 g/mol. The lowest BCUT2D eigenvalue weighted by atomic mass is 9.84. The Kier molecular flexibility index (Phi) is 10.9. The zero-order valence-electron chi connectivity index (χ0n) is 24.9. The van der Waals surface area contributed by atoms with Crippen LogP contribution in [0.4, 0.5) is 14.9 Å². The van der Waals surface area contributed by atoms with Crippen LogP contribution in [0.3, 0.4) is 0 Å². The standard InChI is InChI=1S/C35H34FN5O5/c36-30-20-39-21-31(29(30)16-15-27-18-38-19-28(46-27)22-45-26-13-11-23(17-37)12-14-26)40-34(42)33(41-35(43)44)32(24-7-3-1-4-8-24)25-9-5-2-6-10-25/h1-14,20-21,27-28,32-33,38,41H,15-16,18-19,22H2,(H,40,42)(H,43,44)/t27-,28+,33+/m1/s1. The van der Waals surface area contributed by atoms with E-state index in [1.807, 2.05) is 60.7 Å². The van der Waals surface area contributed by atoms with Crippen molar-refractivity contribution in [3.05, 3.63) is 125 Å². The van der Waals surface area contributed by atoms with Gasteiger partial charge in [0.15, 0.2) is 0 Å². The summed E-state index contributed by atoms with van der Waals surface area (Å²) in [6, 6.07) is 25.9. The topological polar surface area (TPSA) is 146 Å². The smallest absolute Gasteiger partial charge is 0.405 e. The zero-order chi connectivity index (χ0) is 32.3. The molecule has 5 rings (SSSR count). The van der Waals surface area contributed by atoms with Crippen molar-refractivity contribution in [3.8, 4) is 11.8 Å². The SMILES string of the molecule is N#Cc1ccc(OC[C@@H]2CNC[C@@H](CCc3c(F)cncc3NC(=O)[C@@H](NC(=O)O)C(c3ccccc3)c3ccccc3)O2)cc1. The van der Waals surface area contributed by atoms with Gasteiger partial charge in [-0.05, 0) is 48.2 Å². The summed E-state index contributed by atoms with van der Waals surface area (Å²) in [6.45, 7) is 1.43. The number of hydrogen-bond donors (Lipinski definition) is 4. The van der Waals surface area contributed by atoms with E-state index in [0.29, 0.717) is 37.4 Å². The fraction of sp³-hybridized carbons (Fsp3) is 0.257. The molecule has 4 N–H and O–H groups in total. The minimum Gasteiger partial charge on any atom is -0.491 e. The molecule has 0 spiro atoms. The molecule has 1 aliphatic heterocycles. The molecule has 0 unspecified atom stereocenters. The van der Waals surface area contributed by atoms with Crippen LogP contribution in [-0.2, 0) is 16.0 Å². The minimum atomic E-state index is -1.37. The van der Waals surface area contributed by atoms with Gasteiger partial charge in [-0.1, -0.05) is 60.7 Å². The van der Waals surface area contributed by atoms with E-state index >= 15 is 4.39 Å². The molecular weight excluding hydrogens is 589 g/mol. The monoisotopic (exact) mass is 623 g/mol. The van der Waals surface area contributed by atoms with Gasteiger partial charge in [-0.25, -0.2) is 9.18 Å². The Labute approximate surface area is 266 Å². The second kappa shape index (κ2) is 15.6. The van der Waals surface area contributed by atoms with Gasteiger partial charge in [-0.15, -0.1) is 0 Å². The lowest BCUT2D eigenvalue weighted by Crippen LogP contribution is -2.47. The molecule has 0 radical (unpaired) electrons. The number of amides is 2. The van der Waals surface area contributed by atoms with E-state index in [9.17, 15) is 14.7 Å². The third-order valence-corrected chi connectivity index (χ3v) is 7.74. The first-order chi connectivity index (χ1) is 22.4. The highest BCUT2D eigenvalue weighted by molar-refractivity contribution is 5.98. The van der Waals surface area contributed by atoms with Gasteiger partial charge in [0.2, 0.25) is 5.91 Å². The lowest BCUT2D eigenvalue weighted by Gasteiger charge is -2.31. The quantitative estimate of drug-likeness (QED) is 0.175. The molecule has 2 amide bonds. The van der Waals surface area contributed by atoms with Crippen molar-refractivity contribution in [3.63, 3.8) is 0 Å². The first-order valence-electron chi connectivity index (χ1n) is 14.9. The van der Waals surface area contributed by atoms with Crippen molar-refractivity contribution in [1.82, 2.24) is 15.6 Å². The third-order valence-electron chi connectivity index (χ3n) is 7.74. The van der Waals surface area contributed by atoms with Crippen LogP contribution in [0.2, 0.25) is 0 Å². The maximum Gasteiger partial charge on any atom is 0.405 e. The van der Waals surface area contributed by atoms with E-state index in [0.717, 1.165) is 17.3 Å². The Morgan fingerprint density at radius 1 is 1.00 bits per heavy atom. The Balaban J connectivity index is 1.28. The van der Waals surface area contributed by atoms with Gasteiger partial charge >= 0.3 is 6.09 Å². The maximum absolute atomic E-state index is 15.2. The zero-order valence-corrected chi connectivity index (χ0v) is 24.9. The van der Waals surface area contributed by atoms with Crippen LogP contribution in [0, 0.1) is 17.1 Å². The summed E-state index contributed by atoms with van der Waals surface area (Å²) in [5, 5.41) is 27.2. The molecule has 11 heteroatoms. The second-order valence-corrected chi connectivity index (χ2v) is 10.9. The van der Waals surface area contributed by atoms with Gasteiger partial charge in [0.05, 0.1) is 35.8 Å². The van der Waals surface area contributed by atoms with Crippen LogP contribution in [0.15, 0.2) is 97.3 Å². The number of pyridine rings is 1. The maximum atomic E-state index is 15.2. The third kappa shape index (κ3) is 8.44. The molecule has 1 aliphatic rings. The molecule has 1 saturated heterocycles. The summed E-state index contributed by atoms with van der Waals surface area (Å²) >= 11 is 0. The van der Waals surface area contributed by atoms with E-state index in [1.54, 1.807) is 24.3 Å². The highest BCUT2D eigenvalue weighted by atomic mass is 19.1. The van der Waals surface area contributed by atoms with Gasteiger partial charge in [0.25, 0.3) is 0 Å². The van der Waals surface area contributed by atoms with Crippen molar-refractivity contribution >= 4 is 17.7 Å². The Hall–Kier alpha value is -5.31. The largest absolute Gasteiger partial charge is 0.491 e. The van der Waals surface area contributed by atoms with Crippen LogP contribution in [0.1, 0.15) is 34.6 Å². The predicted octanol–water partition coefficient (Wildman–Crippen LogP) is 4.87. The molecule has 1 fully saturated rings. The number of morpholine rings is 1. The summed E-state index contributed by atoms with van der Waals surface area (Å²) in [5.41, 5.74) is 2.42. The molecule has 46 heavy (non-hydrogen) atoms. The number of nitriles is 1. The molecule has 3 aromatic carbocycles. The molecular formula is C35H34FN5O5. The first kappa shape index (κ1) is 32.1. The number of ether oxygens (including phenoxy) is 2. The van der Waals surface area contributed by atoms with Crippen molar-refractivity contribution in [1.29, 1.82) is 5.26 Å². The molecule has 0 saturated carbocycles. The van der Waals surface area contributed by atoms with Gasteiger partial charge in [0, 0.05) is 24.6 Å². The number of carboxylic acid groups (broad SMARTS) is 1. The lowest BCUT2D eigenvalue weighted by molar-refractivity contribution is -0.118. The number of benzene rings is 3. The minimum absolute atomic E-state index is 0.159. The highest BCUT2D eigenvalue weighted by Gasteiger charge is 2.33. The van der Waals surface area contributed by atoms with Crippen molar-refractivity contribution in [2.24, 2.45) is 0 Å². The van der Waals surface area contributed by atoms with Gasteiger partial charge in [-0.3, -0.25) is 9.78 Å². The molecule has 3 atom stereocenters. The molecule has 10 nitrogen and oxygen atoms in total. The molecule has 4 aromatic rings. The van der Waals surface area contributed by atoms with E-state index in [4.69, 9.17) is 14.7 Å². The number of hydrogen-bond acceptors (Lipinski definition) is 7. The van der Waals surface area contributed by atoms with Crippen LogP contribution >= 0.6 is 0 Å². The van der Waals surface area contributed by atoms with E-state index in [2.05, 4.69) is 27.0 Å². The Morgan fingerprint density at radius 2 is 1.65 bits per heavy atom. The van der Waals surface area contributed by atoms with E-state index < -0.39 is 29.8 Å². The van der Waals surface area contributed by atoms with Crippen LogP contribution in [0.5, 0.6) is 5.75 Å². The molecule has 1 aromatic heterocycles. The average Bonchev–Trinajstić information content (AvgIpc) is 3.08. The van der Waals surface area contributed by atoms with Crippen molar-refractivity contribution < 1.29 is 28.6 Å². The van der Waals surface area contributed by atoms with Gasteiger partial charge < -0.3 is 30.5 Å². The van der Waals surface area contributed by atoms with E-state index in [-0.39, 0.29) is 29.9 Å². The van der Waals surface area contributed by atoms with Gasteiger partial charge in [0.1, 0.15) is 30.3 Å². The number of anilines is 1. The number of carbonyl (C=O) groups is 2. The highest BCUT2D eigenvalue weighted by Crippen LogP contribution is 2.30. The fourth-order valence-electron chi connectivity index (χ4n) is 5.53. The van der Waals surface area contributed by atoms with Crippen LogP contribution in [0.25, 0.3) is 0 Å². The van der Waals surface area contributed by atoms with Crippen molar-refractivity contribution in [2.45, 2.75) is 37.0 Å². The summed E-state index contributed by atoms with van der Waals surface area (Å²) in [5.74, 6) is -1.27. The second-order valence-electron chi connectivity index (χ2n) is 10.9. The predicted molar refractivity (Wildman–Crippen MR) is 169 cm³/mol. The summed E-state index contributed by atoms with van der Waals surface area (Å²) in [7, 11) is 0. The number of rotatable bonds is 12. The van der Waals surface area contributed by atoms with Crippen molar-refractivity contribution in [2.75, 3.05) is 25.0 Å². The molecule has 0 aliphatic carbocycles. The van der Waals surface area contributed by atoms with Crippen LogP contribution < -0.4 is 20.7 Å². The Bertz CT molecular complexity index is 1610. The first-order valence-corrected chi connectivity index (χ1v) is 14.9.